The van der Waals surface area contributed by atoms with E-state index >= 15 is 0 Å². The minimum atomic E-state index is -0.708. The van der Waals surface area contributed by atoms with E-state index in [2.05, 4.69) is 15.1 Å². The standard InChI is InChI=1S/C20H15Cl2FN4O/c1-12-7-14(18-5-6-25-27(18)11-23)13-3-2-4-19(20(13)26-12)28-10-15-16(21)8-24-9-17(15)22/h2-9H,10-11H2,1H3. The molecule has 0 aliphatic rings. The van der Waals surface area contributed by atoms with Gasteiger partial charge in [0.05, 0.1) is 15.7 Å². The Bertz CT molecular complexity index is 1140. The van der Waals surface area contributed by atoms with Crippen molar-refractivity contribution in [2.45, 2.75) is 20.3 Å². The lowest BCUT2D eigenvalue weighted by molar-refractivity contribution is 0.309. The molecule has 0 aliphatic carbocycles. The van der Waals surface area contributed by atoms with Crippen LogP contribution < -0.4 is 4.74 Å². The highest BCUT2D eigenvalue weighted by atomic mass is 35.5. The minimum Gasteiger partial charge on any atom is -0.487 e. The van der Waals surface area contributed by atoms with E-state index in [1.807, 2.05) is 31.2 Å². The number of aromatic nitrogens is 4. The molecular formula is C20H15Cl2FN4O. The number of fused-ring (bicyclic) bond motifs is 1. The van der Waals surface area contributed by atoms with Gasteiger partial charge in [0.15, 0.2) is 6.80 Å². The lowest BCUT2D eigenvalue weighted by atomic mass is 10.0. The molecule has 0 unspecified atom stereocenters. The van der Waals surface area contributed by atoms with Gasteiger partial charge >= 0.3 is 0 Å². The van der Waals surface area contributed by atoms with Crippen LogP contribution in [-0.2, 0) is 13.4 Å². The van der Waals surface area contributed by atoms with Crippen LogP contribution in [0, 0.1) is 6.92 Å². The Labute approximate surface area is 170 Å². The van der Waals surface area contributed by atoms with Crippen LogP contribution in [0.4, 0.5) is 4.39 Å². The summed E-state index contributed by atoms with van der Waals surface area (Å²) in [5.74, 6) is 0.581. The number of halogens is 3. The summed E-state index contributed by atoms with van der Waals surface area (Å²) >= 11 is 12.4. The lowest BCUT2D eigenvalue weighted by Crippen LogP contribution is -2.01. The normalized spacial score (nSPS) is 11.1. The van der Waals surface area contributed by atoms with Crippen LogP contribution >= 0.6 is 23.2 Å². The molecule has 28 heavy (non-hydrogen) atoms. The summed E-state index contributed by atoms with van der Waals surface area (Å²) in [4.78, 5) is 8.58. The fourth-order valence-electron chi connectivity index (χ4n) is 3.06. The zero-order valence-corrected chi connectivity index (χ0v) is 16.4. The molecule has 0 saturated carbocycles. The summed E-state index contributed by atoms with van der Waals surface area (Å²) in [5.41, 5.74) is 3.62. The molecule has 0 saturated heterocycles. The second kappa shape index (κ2) is 7.73. The van der Waals surface area contributed by atoms with E-state index in [4.69, 9.17) is 27.9 Å². The molecule has 4 aromatic rings. The minimum absolute atomic E-state index is 0.173. The van der Waals surface area contributed by atoms with Crippen molar-refractivity contribution in [1.29, 1.82) is 0 Å². The van der Waals surface area contributed by atoms with Crippen molar-refractivity contribution in [2.24, 2.45) is 0 Å². The van der Waals surface area contributed by atoms with E-state index in [1.54, 1.807) is 12.3 Å². The predicted octanol–water partition coefficient (Wildman–Crippen LogP) is 5.61. The van der Waals surface area contributed by atoms with Crippen molar-refractivity contribution in [3.05, 3.63) is 70.2 Å². The zero-order chi connectivity index (χ0) is 19.7. The number of alkyl halides is 1. The van der Waals surface area contributed by atoms with Gasteiger partial charge in [-0.25, -0.2) is 14.1 Å². The Morgan fingerprint density at radius 2 is 1.93 bits per heavy atom. The average molecular weight is 417 g/mol. The van der Waals surface area contributed by atoms with Gasteiger partial charge in [-0.15, -0.1) is 0 Å². The van der Waals surface area contributed by atoms with E-state index in [9.17, 15) is 4.39 Å². The SMILES string of the molecule is Cc1cc(-c2ccnn2CF)c2cccc(OCc3c(Cl)cncc3Cl)c2n1. The molecule has 4 rings (SSSR count). The smallest absolute Gasteiger partial charge is 0.182 e. The second-order valence-corrected chi connectivity index (χ2v) is 6.98. The molecule has 0 aliphatic heterocycles. The molecule has 0 radical (unpaired) electrons. The Hall–Kier alpha value is -2.70. The highest BCUT2D eigenvalue weighted by Gasteiger charge is 2.15. The van der Waals surface area contributed by atoms with E-state index in [1.165, 1.54) is 17.1 Å². The van der Waals surface area contributed by atoms with Crippen molar-refractivity contribution >= 4 is 34.1 Å². The van der Waals surface area contributed by atoms with Gasteiger partial charge in [-0.2, -0.15) is 5.10 Å². The third-order valence-corrected chi connectivity index (χ3v) is 5.01. The number of rotatable bonds is 5. The van der Waals surface area contributed by atoms with Gasteiger partial charge < -0.3 is 4.74 Å². The Balaban J connectivity index is 1.79. The Morgan fingerprint density at radius 1 is 1.14 bits per heavy atom. The number of ether oxygens (including phenoxy) is 1. The van der Waals surface area contributed by atoms with Crippen molar-refractivity contribution in [2.75, 3.05) is 0 Å². The van der Waals surface area contributed by atoms with Crippen molar-refractivity contribution < 1.29 is 9.13 Å². The van der Waals surface area contributed by atoms with E-state index in [0.717, 1.165) is 16.6 Å². The van der Waals surface area contributed by atoms with Gasteiger partial charge in [0, 0.05) is 40.8 Å². The maximum atomic E-state index is 13.3. The Kier molecular flexibility index (Phi) is 5.15. The van der Waals surface area contributed by atoms with Gasteiger partial charge in [0.2, 0.25) is 0 Å². The largest absolute Gasteiger partial charge is 0.487 e. The molecule has 3 heterocycles. The molecule has 1 aromatic carbocycles. The topological polar surface area (TPSA) is 52.8 Å². The van der Waals surface area contributed by atoms with Gasteiger partial charge in [0.25, 0.3) is 0 Å². The summed E-state index contributed by atoms with van der Waals surface area (Å²) in [6.07, 6.45) is 4.62. The summed E-state index contributed by atoms with van der Waals surface area (Å²) in [6, 6.07) is 9.30. The number of pyridine rings is 2. The highest BCUT2D eigenvalue weighted by Crippen LogP contribution is 2.34. The lowest BCUT2D eigenvalue weighted by Gasteiger charge is -2.14. The fraction of sp³-hybridized carbons (Fsp3) is 0.150. The summed E-state index contributed by atoms with van der Waals surface area (Å²) < 4.78 is 20.6. The number of nitrogens with zero attached hydrogens (tertiary/aromatic N) is 4. The van der Waals surface area contributed by atoms with E-state index in [0.29, 0.717) is 32.6 Å². The van der Waals surface area contributed by atoms with Crippen molar-refractivity contribution in [3.63, 3.8) is 0 Å². The summed E-state index contributed by atoms with van der Waals surface area (Å²) in [7, 11) is 0. The molecule has 0 fully saturated rings. The number of hydrogen-bond acceptors (Lipinski definition) is 4. The maximum Gasteiger partial charge on any atom is 0.182 e. The van der Waals surface area contributed by atoms with Gasteiger partial charge in [-0.1, -0.05) is 35.3 Å². The summed E-state index contributed by atoms with van der Waals surface area (Å²) in [5, 5.41) is 5.73. The van der Waals surface area contributed by atoms with E-state index in [-0.39, 0.29) is 6.61 Å². The first-order valence-corrected chi connectivity index (χ1v) is 9.23. The van der Waals surface area contributed by atoms with Crippen LogP contribution in [0.5, 0.6) is 5.75 Å². The first kappa shape index (κ1) is 18.7. The number of benzene rings is 1. The molecule has 0 bridgehead atoms. The number of para-hydroxylation sites is 1. The molecule has 3 aromatic heterocycles. The molecule has 0 amide bonds. The quantitative estimate of drug-likeness (QED) is 0.423. The molecular weight excluding hydrogens is 402 g/mol. The van der Waals surface area contributed by atoms with Crippen LogP contribution in [-0.4, -0.2) is 19.7 Å². The predicted molar refractivity (Wildman–Crippen MR) is 107 cm³/mol. The highest BCUT2D eigenvalue weighted by molar-refractivity contribution is 6.35. The summed E-state index contributed by atoms with van der Waals surface area (Å²) in [6.45, 7) is 1.35. The first-order chi connectivity index (χ1) is 13.6. The van der Waals surface area contributed by atoms with Crippen LogP contribution in [0.15, 0.2) is 48.9 Å². The molecule has 0 N–H and O–H groups in total. The number of aryl methyl sites for hydroxylation is 1. The van der Waals surface area contributed by atoms with Crippen molar-refractivity contribution in [3.8, 4) is 17.0 Å². The fourth-order valence-corrected chi connectivity index (χ4v) is 3.53. The van der Waals surface area contributed by atoms with Gasteiger partial charge in [0.1, 0.15) is 17.9 Å². The zero-order valence-electron chi connectivity index (χ0n) is 14.9. The average Bonchev–Trinajstić information content (AvgIpc) is 3.16. The van der Waals surface area contributed by atoms with Gasteiger partial charge in [-0.05, 0) is 25.1 Å². The monoisotopic (exact) mass is 416 g/mol. The molecule has 142 valence electrons. The van der Waals surface area contributed by atoms with Crippen LogP contribution in [0.1, 0.15) is 11.3 Å². The third-order valence-electron chi connectivity index (χ3n) is 4.36. The van der Waals surface area contributed by atoms with Crippen LogP contribution in [0.25, 0.3) is 22.2 Å². The maximum absolute atomic E-state index is 13.3. The molecule has 0 atom stereocenters. The Morgan fingerprint density at radius 3 is 2.68 bits per heavy atom. The van der Waals surface area contributed by atoms with Gasteiger partial charge in [-0.3, -0.25) is 4.98 Å². The first-order valence-electron chi connectivity index (χ1n) is 8.47. The van der Waals surface area contributed by atoms with Crippen molar-refractivity contribution in [1.82, 2.24) is 19.7 Å². The molecule has 5 nitrogen and oxygen atoms in total. The molecule has 8 heteroatoms. The van der Waals surface area contributed by atoms with Crippen LogP contribution in [0.3, 0.4) is 0 Å². The third kappa shape index (κ3) is 3.41. The second-order valence-electron chi connectivity index (χ2n) is 6.17. The molecule has 0 spiro atoms. The number of hydrogen-bond donors (Lipinski definition) is 0. The van der Waals surface area contributed by atoms with E-state index < -0.39 is 6.80 Å². The van der Waals surface area contributed by atoms with Crippen LogP contribution in [0.2, 0.25) is 10.0 Å².